The molecule has 0 aliphatic carbocycles. The summed E-state index contributed by atoms with van der Waals surface area (Å²) in [5, 5.41) is 13.0. The van der Waals surface area contributed by atoms with Gasteiger partial charge in [0.2, 0.25) is 5.91 Å². The van der Waals surface area contributed by atoms with Crippen LogP contribution in [-0.4, -0.2) is 39.6 Å². The fourth-order valence-corrected chi connectivity index (χ4v) is 2.61. The molecule has 1 aromatic rings. The molecule has 2 rings (SSSR count). The third kappa shape index (κ3) is 2.47. The summed E-state index contributed by atoms with van der Waals surface area (Å²) in [6, 6.07) is -0.715. The summed E-state index contributed by atoms with van der Waals surface area (Å²) in [6.45, 7) is 5.90. The van der Waals surface area contributed by atoms with Gasteiger partial charge in [0.1, 0.15) is 11.8 Å². The molecule has 104 valence electrons. The Morgan fingerprint density at radius 1 is 1.47 bits per heavy atom. The summed E-state index contributed by atoms with van der Waals surface area (Å²) in [4.78, 5) is 25.0. The van der Waals surface area contributed by atoms with Gasteiger partial charge in [0, 0.05) is 12.1 Å². The van der Waals surface area contributed by atoms with Gasteiger partial charge in [0.25, 0.3) is 0 Å². The molecule has 1 saturated heterocycles. The van der Waals surface area contributed by atoms with Crippen molar-refractivity contribution in [2.75, 3.05) is 6.54 Å². The van der Waals surface area contributed by atoms with Gasteiger partial charge in [0.15, 0.2) is 0 Å². The van der Waals surface area contributed by atoms with Crippen molar-refractivity contribution < 1.29 is 19.2 Å². The van der Waals surface area contributed by atoms with E-state index in [0.29, 0.717) is 18.0 Å². The van der Waals surface area contributed by atoms with Crippen molar-refractivity contribution in [2.45, 2.75) is 39.7 Å². The number of aliphatic carboxylic acids is 1. The molecule has 2 heterocycles. The van der Waals surface area contributed by atoms with Gasteiger partial charge in [0.05, 0.1) is 12.1 Å². The number of aromatic nitrogens is 1. The molecule has 2 atom stereocenters. The quantitative estimate of drug-likeness (QED) is 0.887. The highest BCUT2D eigenvalue weighted by atomic mass is 16.5. The third-order valence-electron chi connectivity index (χ3n) is 3.78. The first kappa shape index (κ1) is 13.6. The molecule has 1 aliphatic heterocycles. The molecule has 1 fully saturated rings. The van der Waals surface area contributed by atoms with E-state index in [4.69, 9.17) is 4.52 Å². The maximum Gasteiger partial charge on any atom is 0.326 e. The van der Waals surface area contributed by atoms with Gasteiger partial charge in [-0.1, -0.05) is 12.1 Å². The molecule has 0 saturated carbocycles. The molecule has 0 aromatic carbocycles. The van der Waals surface area contributed by atoms with Gasteiger partial charge >= 0.3 is 5.97 Å². The second kappa shape index (κ2) is 5.03. The summed E-state index contributed by atoms with van der Waals surface area (Å²) in [6.07, 6.45) is 0.877. The van der Waals surface area contributed by atoms with Crippen molar-refractivity contribution >= 4 is 11.9 Å². The smallest absolute Gasteiger partial charge is 0.326 e. The van der Waals surface area contributed by atoms with Crippen molar-refractivity contribution in [3.63, 3.8) is 0 Å². The molecule has 1 N–H and O–H groups in total. The van der Waals surface area contributed by atoms with Crippen LogP contribution in [0.1, 0.15) is 30.4 Å². The number of nitrogens with zero attached hydrogens (tertiary/aromatic N) is 2. The molecule has 2 unspecified atom stereocenters. The van der Waals surface area contributed by atoms with E-state index in [0.717, 1.165) is 12.0 Å². The molecular formula is C13H18N2O4. The lowest BCUT2D eigenvalue weighted by molar-refractivity contribution is -0.149. The predicted molar refractivity (Wildman–Crippen MR) is 66.6 cm³/mol. The van der Waals surface area contributed by atoms with Crippen LogP contribution >= 0.6 is 0 Å². The van der Waals surface area contributed by atoms with E-state index < -0.39 is 12.0 Å². The van der Waals surface area contributed by atoms with Crippen molar-refractivity contribution in [3.8, 4) is 0 Å². The SMILES string of the molecule is Cc1noc(C)c1CC(=O)N1CCC(C)C1C(=O)O. The Morgan fingerprint density at radius 3 is 2.68 bits per heavy atom. The monoisotopic (exact) mass is 266 g/mol. The highest BCUT2D eigenvalue weighted by Crippen LogP contribution is 2.25. The van der Waals surface area contributed by atoms with E-state index in [9.17, 15) is 14.7 Å². The summed E-state index contributed by atoms with van der Waals surface area (Å²) in [5.74, 6) is -0.501. The van der Waals surface area contributed by atoms with Crippen LogP contribution in [-0.2, 0) is 16.0 Å². The molecular weight excluding hydrogens is 248 g/mol. The van der Waals surface area contributed by atoms with E-state index in [1.54, 1.807) is 13.8 Å². The molecule has 1 amide bonds. The van der Waals surface area contributed by atoms with E-state index in [2.05, 4.69) is 5.16 Å². The molecule has 1 aliphatic rings. The van der Waals surface area contributed by atoms with Gasteiger partial charge in [-0.25, -0.2) is 4.79 Å². The number of carbonyl (C=O) groups excluding carboxylic acids is 1. The second-order valence-corrected chi connectivity index (χ2v) is 5.12. The minimum atomic E-state index is -0.933. The lowest BCUT2D eigenvalue weighted by Crippen LogP contribution is -2.43. The van der Waals surface area contributed by atoms with Crippen LogP contribution in [0.3, 0.4) is 0 Å². The van der Waals surface area contributed by atoms with E-state index in [1.807, 2.05) is 6.92 Å². The molecule has 1 aromatic heterocycles. The van der Waals surface area contributed by atoms with Crippen molar-refractivity contribution in [1.29, 1.82) is 0 Å². The molecule has 6 heteroatoms. The van der Waals surface area contributed by atoms with Gasteiger partial charge in [-0.15, -0.1) is 0 Å². The second-order valence-electron chi connectivity index (χ2n) is 5.12. The van der Waals surface area contributed by atoms with Crippen LogP contribution in [0.2, 0.25) is 0 Å². The number of aryl methyl sites for hydroxylation is 2. The fourth-order valence-electron chi connectivity index (χ4n) is 2.61. The normalized spacial score (nSPS) is 22.8. The van der Waals surface area contributed by atoms with Crippen LogP contribution < -0.4 is 0 Å². The zero-order valence-corrected chi connectivity index (χ0v) is 11.3. The lowest BCUT2D eigenvalue weighted by Gasteiger charge is -2.23. The fraction of sp³-hybridized carbons (Fsp3) is 0.615. The van der Waals surface area contributed by atoms with E-state index in [1.165, 1.54) is 4.90 Å². The van der Waals surface area contributed by atoms with E-state index >= 15 is 0 Å². The summed E-state index contributed by atoms with van der Waals surface area (Å²) in [7, 11) is 0. The van der Waals surface area contributed by atoms with Gasteiger partial charge < -0.3 is 14.5 Å². The summed E-state index contributed by atoms with van der Waals surface area (Å²) >= 11 is 0. The minimum Gasteiger partial charge on any atom is -0.480 e. The van der Waals surface area contributed by atoms with E-state index in [-0.39, 0.29) is 18.2 Å². The number of likely N-dealkylation sites (tertiary alicyclic amines) is 1. The highest BCUT2D eigenvalue weighted by molar-refractivity contribution is 5.86. The molecule has 0 bridgehead atoms. The largest absolute Gasteiger partial charge is 0.480 e. The summed E-state index contributed by atoms with van der Waals surface area (Å²) in [5.41, 5.74) is 1.44. The van der Waals surface area contributed by atoms with Crippen LogP contribution in [0.5, 0.6) is 0 Å². The Labute approximate surface area is 111 Å². The Balaban J connectivity index is 2.14. The highest BCUT2D eigenvalue weighted by Gasteiger charge is 2.39. The average Bonchev–Trinajstić information content (AvgIpc) is 2.86. The third-order valence-corrected chi connectivity index (χ3v) is 3.78. The van der Waals surface area contributed by atoms with Crippen LogP contribution in [0.15, 0.2) is 4.52 Å². The number of hydrogen-bond donors (Lipinski definition) is 1. The van der Waals surface area contributed by atoms with Crippen LogP contribution in [0, 0.1) is 19.8 Å². The standard InChI is InChI=1S/C13H18N2O4/c1-7-4-5-15(12(7)13(17)18)11(16)6-10-8(2)14-19-9(10)3/h7,12H,4-6H2,1-3H3,(H,17,18). The van der Waals surface area contributed by atoms with Crippen LogP contribution in [0.25, 0.3) is 0 Å². The maximum atomic E-state index is 12.3. The van der Waals surface area contributed by atoms with Crippen LogP contribution in [0.4, 0.5) is 0 Å². The lowest BCUT2D eigenvalue weighted by atomic mass is 10.0. The predicted octanol–water partition coefficient (Wildman–Crippen LogP) is 1.16. The maximum absolute atomic E-state index is 12.3. The Kier molecular flexibility index (Phi) is 3.59. The van der Waals surface area contributed by atoms with Gasteiger partial charge in [-0.05, 0) is 26.2 Å². The first-order valence-corrected chi connectivity index (χ1v) is 6.35. The number of carbonyl (C=O) groups is 2. The average molecular weight is 266 g/mol. The Hall–Kier alpha value is -1.85. The van der Waals surface area contributed by atoms with Crippen molar-refractivity contribution in [3.05, 3.63) is 17.0 Å². The molecule has 0 spiro atoms. The molecule has 0 radical (unpaired) electrons. The van der Waals surface area contributed by atoms with Gasteiger partial charge in [-0.3, -0.25) is 4.79 Å². The number of carboxylic acids is 1. The number of amides is 1. The minimum absolute atomic E-state index is 0.00822. The number of hydrogen-bond acceptors (Lipinski definition) is 4. The Bertz CT molecular complexity index is 489. The molecule has 19 heavy (non-hydrogen) atoms. The first-order valence-electron chi connectivity index (χ1n) is 6.35. The number of carboxylic acid groups (broad SMARTS) is 1. The summed E-state index contributed by atoms with van der Waals surface area (Å²) < 4.78 is 5.02. The first-order chi connectivity index (χ1) is 8.91. The zero-order valence-electron chi connectivity index (χ0n) is 11.3. The van der Waals surface area contributed by atoms with Crippen molar-refractivity contribution in [2.24, 2.45) is 5.92 Å². The Morgan fingerprint density at radius 2 is 2.16 bits per heavy atom. The topological polar surface area (TPSA) is 83.6 Å². The zero-order chi connectivity index (χ0) is 14.2. The number of rotatable bonds is 3. The van der Waals surface area contributed by atoms with Crippen molar-refractivity contribution in [1.82, 2.24) is 10.1 Å². The molecule has 6 nitrogen and oxygen atoms in total. The van der Waals surface area contributed by atoms with Gasteiger partial charge in [-0.2, -0.15) is 0 Å².